The minimum atomic E-state index is -0.461. The predicted octanol–water partition coefficient (Wildman–Crippen LogP) is 13.9. The van der Waals surface area contributed by atoms with E-state index in [1.807, 2.05) is 0 Å². The fraction of sp³-hybridized carbons (Fsp3) is 0.0189. The molecular weight excluding hydrogens is 667 g/mol. The highest BCUT2D eigenvalue weighted by Crippen LogP contribution is 2.57. The van der Waals surface area contributed by atoms with E-state index in [1.165, 1.54) is 77.1 Å². The smallest absolute Gasteiger partial charge is 0.135 e. The molecule has 0 bridgehead atoms. The third kappa shape index (κ3) is 4.19. The number of aromatic nitrogens is 1. The average Bonchev–Trinajstić information content (AvgIpc) is 3.89. The topological polar surface area (TPSA) is 18.1 Å². The van der Waals surface area contributed by atoms with Crippen LogP contribution in [0.2, 0.25) is 0 Å². The molecule has 0 N–H and O–H groups in total. The quantitative estimate of drug-likeness (QED) is 0.179. The molecule has 0 amide bonds. The molecule has 0 fully saturated rings. The molecule has 55 heavy (non-hydrogen) atoms. The summed E-state index contributed by atoms with van der Waals surface area (Å²) in [6.45, 7) is 0. The van der Waals surface area contributed by atoms with Crippen LogP contribution in [0.1, 0.15) is 22.3 Å². The highest BCUT2D eigenvalue weighted by Gasteiger charge is 2.46. The molecular formula is C53H33NO. The van der Waals surface area contributed by atoms with Gasteiger partial charge >= 0.3 is 0 Å². The number of hydrogen-bond acceptors (Lipinski definition) is 1. The Morgan fingerprint density at radius 3 is 1.84 bits per heavy atom. The molecule has 9 aromatic carbocycles. The van der Waals surface area contributed by atoms with E-state index >= 15 is 0 Å². The van der Waals surface area contributed by atoms with Gasteiger partial charge in [-0.3, -0.25) is 0 Å². The van der Waals surface area contributed by atoms with Crippen molar-refractivity contribution in [3.63, 3.8) is 0 Å². The Balaban J connectivity index is 1.02. The molecule has 0 unspecified atom stereocenters. The maximum Gasteiger partial charge on any atom is 0.135 e. The second kappa shape index (κ2) is 11.4. The van der Waals surface area contributed by atoms with Gasteiger partial charge in [0.25, 0.3) is 0 Å². The first kappa shape index (κ1) is 30.3. The van der Waals surface area contributed by atoms with E-state index in [4.69, 9.17) is 4.42 Å². The lowest BCUT2D eigenvalue weighted by Crippen LogP contribution is -2.28. The van der Waals surface area contributed by atoms with Crippen LogP contribution in [-0.2, 0) is 5.41 Å². The van der Waals surface area contributed by atoms with Crippen LogP contribution in [0.4, 0.5) is 0 Å². The second-order valence-electron chi connectivity index (χ2n) is 14.8. The number of fused-ring (bicyclic) bond motifs is 11. The molecule has 0 aliphatic heterocycles. The SMILES string of the molecule is c1ccc(C2(c3ccccc3)c3ccccc3-c3cc4c(cc32)oc2ccc(-c3ccc(-n5c6ccccc6c6ccc7ccccc7c65)cc3)cc24)cc1. The van der Waals surface area contributed by atoms with Crippen molar-refractivity contribution in [2.75, 3.05) is 0 Å². The molecule has 1 aliphatic carbocycles. The van der Waals surface area contributed by atoms with Crippen LogP contribution in [-0.4, -0.2) is 4.57 Å². The van der Waals surface area contributed by atoms with E-state index < -0.39 is 5.41 Å². The van der Waals surface area contributed by atoms with Crippen molar-refractivity contribution in [2.45, 2.75) is 5.41 Å². The Morgan fingerprint density at radius 1 is 0.382 bits per heavy atom. The van der Waals surface area contributed by atoms with Gasteiger partial charge in [-0.05, 0) is 92.4 Å². The molecule has 2 heteroatoms. The van der Waals surface area contributed by atoms with Crippen molar-refractivity contribution >= 4 is 54.5 Å². The number of rotatable bonds is 4. The van der Waals surface area contributed by atoms with Gasteiger partial charge in [-0.15, -0.1) is 0 Å². The lowest BCUT2D eigenvalue weighted by atomic mass is 9.67. The van der Waals surface area contributed by atoms with Crippen molar-refractivity contribution < 1.29 is 4.42 Å². The van der Waals surface area contributed by atoms with Crippen LogP contribution in [0.15, 0.2) is 205 Å². The first-order chi connectivity index (χ1) is 27.3. The van der Waals surface area contributed by atoms with Crippen molar-refractivity contribution in [1.29, 1.82) is 0 Å². The Morgan fingerprint density at radius 2 is 1.04 bits per heavy atom. The lowest BCUT2D eigenvalue weighted by molar-refractivity contribution is 0.666. The third-order valence-electron chi connectivity index (χ3n) is 12.1. The third-order valence-corrected chi connectivity index (χ3v) is 12.1. The molecule has 2 aromatic heterocycles. The van der Waals surface area contributed by atoms with Crippen molar-refractivity contribution in [2.24, 2.45) is 0 Å². The van der Waals surface area contributed by atoms with Gasteiger partial charge in [0.1, 0.15) is 11.2 Å². The highest BCUT2D eigenvalue weighted by molar-refractivity contribution is 6.18. The van der Waals surface area contributed by atoms with Crippen molar-refractivity contribution in [1.82, 2.24) is 4.57 Å². The van der Waals surface area contributed by atoms with Gasteiger partial charge in [0, 0.05) is 32.6 Å². The summed E-state index contributed by atoms with van der Waals surface area (Å²) in [6, 6.07) is 73.1. The normalized spacial score (nSPS) is 13.2. The summed E-state index contributed by atoms with van der Waals surface area (Å²) in [5.41, 5.74) is 14.9. The molecule has 2 nitrogen and oxygen atoms in total. The van der Waals surface area contributed by atoms with Crippen LogP contribution in [0.25, 0.3) is 82.5 Å². The number of hydrogen-bond donors (Lipinski definition) is 0. The second-order valence-corrected chi connectivity index (χ2v) is 14.8. The standard InChI is InChI=1S/C53H33NO/c1-3-14-37(15-4-1)53(38-16-5-2-6-17-38)47-21-11-9-19-41(47)44-32-46-45-31-36(26-30-50(45)55-51(46)33-48(44)53)34-23-27-39(28-24-34)54-49-22-12-10-20-42(49)43-29-25-35-13-7-8-18-40(35)52(43)54/h1-33H. The summed E-state index contributed by atoms with van der Waals surface area (Å²) in [4.78, 5) is 0. The monoisotopic (exact) mass is 699 g/mol. The van der Waals surface area contributed by atoms with Gasteiger partial charge in [-0.25, -0.2) is 0 Å². The van der Waals surface area contributed by atoms with Crippen LogP contribution >= 0.6 is 0 Å². The Bertz CT molecular complexity index is 3260. The highest BCUT2D eigenvalue weighted by atomic mass is 16.3. The van der Waals surface area contributed by atoms with Crippen LogP contribution < -0.4 is 0 Å². The fourth-order valence-corrected chi connectivity index (χ4v) is 9.69. The zero-order chi connectivity index (χ0) is 36.1. The molecule has 256 valence electrons. The number of para-hydroxylation sites is 1. The molecule has 0 radical (unpaired) electrons. The van der Waals surface area contributed by atoms with E-state index in [-0.39, 0.29) is 0 Å². The van der Waals surface area contributed by atoms with Gasteiger partial charge < -0.3 is 8.98 Å². The van der Waals surface area contributed by atoms with Gasteiger partial charge in [-0.2, -0.15) is 0 Å². The summed E-state index contributed by atoms with van der Waals surface area (Å²) in [6.07, 6.45) is 0. The van der Waals surface area contributed by atoms with Gasteiger partial charge in [0.2, 0.25) is 0 Å². The molecule has 0 saturated heterocycles. The fourth-order valence-electron chi connectivity index (χ4n) is 9.69. The van der Waals surface area contributed by atoms with E-state index in [9.17, 15) is 0 Å². The van der Waals surface area contributed by atoms with E-state index in [0.29, 0.717) is 0 Å². The Kier molecular flexibility index (Phi) is 6.29. The maximum absolute atomic E-state index is 6.71. The van der Waals surface area contributed by atoms with E-state index in [1.54, 1.807) is 0 Å². The van der Waals surface area contributed by atoms with Crippen molar-refractivity contribution in [3.8, 4) is 27.9 Å². The molecule has 0 atom stereocenters. The van der Waals surface area contributed by atoms with E-state index in [2.05, 4.69) is 205 Å². The molecule has 1 aliphatic rings. The molecule has 12 rings (SSSR count). The number of furan rings is 1. The first-order valence-electron chi connectivity index (χ1n) is 19.0. The van der Waals surface area contributed by atoms with Gasteiger partial charge in [0.05, 0.1) is 16.4 Å². The van der Waals surface area contributed by atoms with Crippen LogP contribution in [0.5, 0.6) is 0 Å². The summed E-state index contributed by atoms with van der Waals surface area (Å²) in [5.74, 6) is 0. The Hall–Kier alpha value is -7.16. The summed E-state index contributed by atoms with van der Waals surface area (Å²) in [7, 11) is 0. The largest absolute Gasteiger partial charge is 0.456 e. The van der Waals surface area contributed by atoms with Crippen LogP contribution in [0.3, 0.4) is 0 Å². The summed E-state index contributed by atoms with van der Waals surface area (Å²) in [5, 5.41) is 7.31. The van der Waals surface area contributed by atoms with Crippen molar-refractivity contribution in [3.05, 3.63) is 222 Å². The molecule has 2 heterocycles. The minimum Gasteiger partial charge on any atom is -0.456 e. The average molecular weight is 700 g/mol. The van der Waals surface area contributed by atoms with E-state index in [0.717, 1.165) is 27.6 Å². The maximum atomic E-state index is 6.71. The first-order valence-corrected chi connectivity index (χ1v) is 19.0. The predicted molar refractivity (Wildman–Crippen MR) is 228 cm³/mol. The van der Waals surface area contributed by atoms with Gasteiger partial charge in [-0.1, -0.05) is 158 Å². The number of benzene rings is 9. The summed E-state index contributed by atoms with van der Waals surface area (Å²) < 4.78 is 9.14. The van der Waals surface area contributed by atoms with Gasteiger partial charge in [0.15, 0.2) is 0 Å². The Labute approximate surface area is 318 Å². The minimum absolute atomic E-state index is 0.461. The molecule has 11 aromatic rings. The lowest BCUT2D eigenvalue weighted by Gasteiger charge is -2.33. The number of nitrogens with zero attached hydrogens (tertiary/aromatic N) is 1. The zero-order valence-corrected chi connectivity index (χ0v) is 29.9. The van der Waals surface area contributed by atoms with Crippen LogP contribution in [0, 0.1) is 0 Å². The summed E-state index contributed by atoms with van der Waals surface area (Å²) >= 11 is 0. The molecule has 0 saturated carbocycles. The molecule has 0 spiro atoms. The zero-order valence-electron chi connectivity index (χ0n) is 29.9.